The van der Waals surface area contributed by atoms with Crippen LogP contribution in [-0.4, -0.2) is 69.9 Å². The number of fused-ring (bicyclic) bond motifs is 1. The van der Waals surface area contributed by atoms with Gasteiger partial charge in [0.05, 0.1) is 6.10 Å². The number of ether oxygens (including phenoxy) is 2. The predicted molar refractivity (Wildman–Crippen MR) is 108 cm³/mol. The van der Waals surface area contributed by atoms with E-state index < -0.39 is 12.1 Å². The van der Waals surface area contributed by atoms with Crippen molar-refractivity contribution in [3.63, 3.8) is 0 Å². The standard InChI is InChI=1S/C18H25N3O2S.C2HF3O2/c1-6-16-18(23-10-1)17(14-20(16)13-15-5-2-12-24-15)22-11-4-9-21-8-3-7-19-21;3-2(4,5)1(6)7/h2-3,5,7-8,12,16-18H,1,4,6,9-11,13-14H2;(H,6,7)/t16-,17-,18+;/m1./s1. The molecule has 4 heterocycles. The first kappa shape index (κ1) is 23.7. The van der Waals surface area contributed by atoms with Gasteiger partial charge in [-0.05, 0) is 36.8 Å². The second kappa shape index (κ2) is 11.1. The molecule has 0 aliphatic carbocycles. The smallest absolute Gasteiger partial charge is 0.475 e. The van der Waals surface area contributed by atoms with Crippen LogP contribution >= 0.6 is 11.3 Å². The Morgan fingerprint density at radius 2 is 2.19 bits per heavy atom. The molecule has 172 valence electrons. The molecule has 1 N–H and O–H groups in total. The fourth-order valence-electron chi connectivity index (χ4n) is 3.83. The molecule has 2 fully saturated rings. The summed E-state index contributed by atoms with van der Waals surface area (Å²) >= 11 is 1.84. The summed E-state index contributed by atoms with van der Waals surface area (Å²) in [5.41, 5.74) is 0. The van der Waals surface area contributed by atoms with E-state index in [0.717, 1.165) is 45.7 Å². The monoisotopic (exact) mass is 461 g/mol. The van der Waals surface area contributed by atoms with Gasteiger partial charge in [-0.2, -0.15) is 18.3 Å². The van der Waals surface area contributed by atoms with Gasteiger partial charge in [-0.15, -0.1) is 11.3 Å². The number of likely N-dealkylation sites (tertiary alicyclic amines) is 1. The molecule has 7 nitrogen and oxygen atoms in total. The first-order valence-corrected chi connectivity index (χ1v) is 11.0. The van der Waals surface area contributed by atoms with Gasteiger partial charge in [-0.3, -0.25) is 9.58 Å². The molecular formula is C20H26F3N3O4S. The Morgan fingerprint density at radius 3 is 2.84 bits per heavy atom. The number of halogens is 3. The van der Waals surface area contributed by atoms with E-state index >= 15 is 0 Å². The molecule has 2 aromatic heterocycles. The molecule has 2 aliphatic rings. The number of aryl methyl sites for hydroxylation is 1. The molecule has 0 saturated carbocycles. The maximum Gasteiger partial charge on any atom is 0.490 e. The highest BCUT2D eigenvalue weighted by atomic mass is 32.1. The summed E-state index contributed by atoms with van der Waals surface area (Å²) in [6, 6.07) is 6.83. The Morgan fingerprint density at radius 1 is 1.39 bits per heavy atom. The summed E-state index contributed by atoms with van der Waals surface area (Å²) in [4.78, 5) is 12.9. The van der Waals surface area contributed by atoms with Crippen LogP contribution in [0.4, 0.5) is 13.2 Å². The lowest BCUT2D eigenvalue weighted by Gasteiger charge is -2.32. The topological polar surface area (TPSA) is 76.8 Å². The molecule has 0 aromatic carbocycles. The van der Waals surface area contributed by atoms with E-state index in [4.69, 9.17) is 19.4 Å². The minimum absolute atomic E-state index is 0.202. The molecule has 4 rings (SSSR count). The Balaban J connectivity index is 0.000000339. The van der Waals surface area contributed by atoms with Crippen molar-refractivity contribution < 1.29 is 32.5 Å². The van der Waals surface area contributed by atoms with Gasteiger partial charge in [-0.1, -0.05) is 6.07 Å². The van der Waals surface area contributed by atoms with Gasteiger partial charge >= 0.3 is 12.1 Å². The van der Waals surface area contributed by atoms with Crippen LogP contribution in [0.2, 0.25) is 0 Å². The molecule has 11 heteroatoms. The van der Waals surface area contributed by atoms with Crippen molar-refractivity contribution >= 4 is 17.3 Å². The largest absolute Gasteiger partial charge is 0.490 e. The number of aliphatic carboxylic acids is 1. The van der Waals surface area contributed by atoms with E-state index in [1.54, 1.807) is 0 Å². The highest BCUT2D eigenvalue weighted by molar-refractivity contribution is 7.09. The van der Waals surface area contributed by atoms with Crippen LogP contribution in [0.1, 0.15) is 24.1 Å². The van der Waals surface area contributed by atoms with E-state index in [1.807, 2.05) is 34.5 Å². The van der Waals surface area contributed by atoms with E-state index in [-0.39, 0.29) is 12.2 Å². The average Bonchev–Trinajstić information content (AvgIpc) is 3.48. The van der Waals surface area contributed by atoms with E-state index in [1.165, 1.54) is 11.3 Å². The number of rotatable bonds is 7. The third-order valence-corrected chi connectivity index (χ3v) is 6.05. The summed E-state index contributed by atoms with van der Waals surface area (Å²) < 4.78 is 46.0. The van der Waals surface area contributed by atoms with Crippen LogP contribution in [0.25, 0.3) is 0 Å². The number of hydrogen-bond donors (Lipinski definition) is 1. The number of hydrogen-bond acceptors (Lipinski definition) is 6. The van der Waals surface area contributed by atoms with E-state index in [2.05, 4.69) is 27.5 Å². The minimum atomic E-state index is -5.08. The Bertz CT molecular complexity index is 786. The van der Waals surface area contributed by atoms with Crippen molar-refractivity contribution in [1.82, 2.24) is 14.7 Å². The fraction of sp³-hybridized carbons (Fsp3) is 0.600. The molecule has 0 radical (unpaired) electrons. The number of aromatic nitrogens is 2. The Labute approximate surface area is 182 Å². The van der Waals surface area contributed by atoms with Gasteiger partial charge in [0.15, 0.2) is 0 Å². The van der Waals surface area contributed by atoms with Gasteiger partial charge in [0.2, 0.25) is 0 Å². The molecule has 0 spiro atoms. The lowest BCUT2D eigenvalue weighted by Crippen LogP contribution is -2.41. The zero-order valence-corrected chi connectivity index (χ0v) is 17.7. The van der Waals surface area contributed by atoms with Gasteiger partial charge in [-0.25, -0.2) is 4.79 Å². The molecule has 0 unspecified atom stereocenters. The van der Waals surface area contributed by atoms with Crippen LogP contribution in [0.3, 0.4) is 0 Å². The second-order valence-corrected chi connectivity index (χ2v) is 8.42. The van der Waals surface area contributed by atoms with Crippen LogP contribution in [0.5, 0.6) is 0 Å². The maximum absolute atomic E-state index is 10.6. The van der Waals surface area contributed by atoms with Crippen molar-refractivity contribution in [3.8, 4) is 0 Å². The highest BCUT2D eigenvalue weighted by Gasteiger charge is 2.44. The third kappa shape index (κ3) is 7.03. The minimum Gasteiger partial charge on any atom is -0.475 e. The molecule has 31 heavy (non-hydrogen) atoms. The van der Waals surface area contributed by atoms with E-state index in [0.29, 0.717) is 6.04 Å². The molecule has 0 amide bonds. The predicted octanol–water partition coefficient (Wildman–Crippen LogP) is 3.42. The SMILES string of the molecule is O=C(O)C(F)(F)F.c1csc(CN2C[C@@H](OCCCn3cccn3)[C@H]3OCCC[C@H]32)c1. The summed E-state index contributed by atoms with van der Waals surface area (Å²) in [7, 11) is 0. The van der Waals surface area contributed by atoms with Crippen molar-refractivity contribution in [1.29, 1.82) is 0 Å². The van der Waals surface area contributed by atoms with Crippen LogP contribution in [0.15, 0.2) is 36.0 Å². The first-order valence-electron chi connectivity index (χ1n) is 10.1. The summed E-state index contributed by atoms with van der Waals surface area (Å²) in [5.74, 6) is -2.76. The first-order chi connectivity index (χ1) is 14.8. The fourth-order valence-corrected chi connectivity index (χ4v) is 4.56. The molecule has 2 aromatic rings. The quantitative estimate of drug-likeness (QED) is 0.637. The Kier molecular flexibility index (Phi) is 8.47. The van der Waals surface area contributed by atoms with Crippen LogP contribution in [-0.2, 0) is 27.4 Å². The van der Waals surface area contributed by atoms with Crippen molar-refractivity contribution in [2.75, 3.05) is 19.8 Å². The number of thiophene rings is 1. The number of carboxylic acids is 1. The summed E-state index contributed by atoms with van der Waals surface area (Å²) in [5, 5.41) is 13.5. The van der Waals surface area contributed by atoms with Crippen LogP contribution < -0.4 is 0 Å². The summed E-state index contributed by atoms with van der Waals surface area (Å²) in [6.45, 7) is 4.56. The number of nitrogens with zero attached hydrogens (tertiary/aromatic N) is 3. The van der Waals surface area contributed by atoms with Crippen LogP contribution in [0, 0.1) is 0 Å². The van der Waals surface area contributed by atoms with Gasteiger partial charge < -0.3 is 14.6 Å². The highest BCUT2D eigenvalue weighted by Crippen LogP contribution is 2.32. The zero-order valence-electron chi connectivity index (χ0n) is 16.9. The van der Waals surface area contributed by atoms with Crippen molar-refractivity contribution in [2.45, 2.75) is 56.8 Å². The second-order valence-electron chi connectivity index (χ2n) is 7.39. The average molecular weight is 462 g/mol. The van der Waals surface area contributed by atoms with Gasteiger partial charge in [0, 0.05) is 56.2 Å². The number of carboxylic acid groups (broad SMARTS) is 1. The molecule has 2 aliphatic heterocycles. The van der Waals surface area contributed by atoms with Crippen molar-refractivity contribution in [2.24, 2.45) is 0 Å². The van der Waals surface area contributed by atoms with Crippen molar-refractivity contribution in [3.05, 3.63) is 40.8 Å². The molecular weight excluding hydrogens is 435 g/mol. The molecule has 2 saturated heterocycles. The number of carbonyl (C=O) groups is 1. The Hall–Kier alpha value is -1.95. The number of alkyl halides is 3. The zero-order chi connectivity index (χ0) is 22.3. The lowest BCUT2D eigenvalue weighted by atomic mass is 10.0. The van der Waals surface area contributed by atoms with E-state index in [9.17, 15) is 13.2 Å². The summed E-state index contributed by atoms with van der Waals surface area (Å²) in [6.07, 6.45) is 2.55. The van der Waals surface area contributed by atoms with Gasteiger partial charge in [0.1, 0.15) is 6.10 Å². The molecule has 0 bridgehead atoms. The lowest BCUT2D eigenvalue weighted by molar-refractivity contribution is -0.192. The normalized spacial score (nSPS) is 23.8. The molecule has 3 atom stereocenters. The van der Waals surface area contributed by atoms with Gasteiger partial charge in [0.25, 0.3) is 0 Å². The maximum atomic E-state index is 10.6. The third-order valence-electron chi connectivity index (χ3n) is 5.19.